The van der Waals surface area contributed by atoms with Crippen LogP contribution >= 0.6 is 11.6 Å². The molecule has 1 N–H and O–H groups in total. The Kier molecular flexibility index (Phi) is 6.10. The third kappa shape index (κ3) is 4.47. The maximum absolute atomic E-state index is 12.6. The van der Waals surface area contributed by atoms with Crippen LogP contribution in [0, 0.1) is 5.92 Å². The van der Waals surface area contributed by atoms with Crippen molar-refractivity contribution in [3.8, 4) is 0 Å². The highest BCUT2D eigenvalue weighted by Crippen LogP contribution is 2.26. The van der Waals surface area contributed by atoms with E-state index >= 15 is 0 Å². The van der Waals surface area contributed by atoms with Gasteiger partial charge in [-0.3, -0.25) is 4.79 Å². The molecule has 116 valence electrons. The van der Waals surface area contributed by atoms with Gasteiger partial charge >= 0.3 is 0 Å². The summed E-state index contributed by atoms with van der Waals surface area (Å²) in [6, 6.07) is 10.0. The average Bonchev–Trinajstić information content (AvgIpc) is 2.47. The molecule has 1 aromatic carbocycles. The first kappa shape index (κ1) is 16.4. The Morgan fingerprint density at radius 2 is 1.71 bits per heavy atom. The molecule has 1 aliphatic carbocycles. The van der Waals surface area contributed by atoms with E-state index in [0.717, 1.165) is 18.4 Å². The SMILES string of the molecule is CC(CCl)(NC(=O)C1CCCCCCC1)c1ccccc1. The van der Waals surface area contributed by atoms with Crippen molar-refractivity contribution in [2.45, 2.75) is 57.4 Å². The molecule has 0 radical (unpaired) electrons. The molecule has 0 aromatic heterocycles. The molecule has 21 heavy (non-hydrogen) atoms. The second kappa shape index (κ2) is 7.84. The number of carbonyl (C=O) groups is 1. The first-order chi connectivity index (χ1) is 10.2. The maximum Gasteiger partial charge on any atom is 0.223 e. The lowest BCUT2D eigenvalue weighted by Crippen LogP contribution is -2.47. The Morgan fingerprint density at radius 1 is 1.14 bits per heavy atom. The van der Waals surface area contributed by atoms with Crippen molar-refractivity contribution in [2.75, 3.05) is 5.88 Å². The van der Waals surface area contributed by atoms with Gasteiger partial charge < -0.3 is 5.32 Å². The molecule has 1 aromatic rings. The third-order valence-corrected chi connectivity index (χ3v) is 5.09. The summed E-state index contributed by atoms with van der Waals surface area (Å²) in [5, 5.41) is 3.21. The predicted octanol–water partition coefficient (Wildman–Crippen LogP) is 4.62. The molecule has 1 aliphatic rings. The molecular weight excluding hydrogens is 282 g/mol. The van der Waals surface area contributed by atoms with Crippen LogP contribution in [0.2, 0.25) is 0 Å². The van der Waals surface area contributed by atoms with Gasteiger partial charge in [-0.25, -0.2) is 0 Å². The lowest BCUT2D eigenvalue weighted by molar-refractivity contribution is -0.127. The fourth-order valence-corrected chi connectivity index (χ4v) is 3.30. The van der Waals surface area contributed by atoms with Gasteiger partial charge in [-0.15, -0.1) is 11.6 Å². The number of rotatable bonds is 4. The van der Waals surface area contributed by atoms with Crippen molar-refractivity contribution in [3.63, 3.8) is 0 Å². The van der Waals surface area contributed by atoms with E-state index in [1.165, 1.54) is 32.1 Å². The monoisotopic (exact) mass is 307 g/mol. The van der Waals surface area contributed by atoms with E-state index < -0.39 is 5.54 Å². The number of carbonyl (C=O) groups excluding carboxylic acids is 1. The van der Waals surface area contributed by atoms with Gasteiger partial charge in [0.05, 0.1) is 5.54 Å². The molecule has 0 aliphatic heterocycles. The third-order valence-electron chi connectivity index (χ3n) is 4.55. The molecule has 2 rings (SSSR count). The second-order valence-electron chi connectivity index (χ2n) is 6.36. The van der Waals surface area contributed by atoms with Crippen molar-refractivity contribution in [1.82, 2.24) is 5.32 Å². The van der Waals surface area contributed by atoms with Crippen molar-refractivity contribution < 1.29 is 4.79 Å². The Hall–Kier alpha value is -1.02. The molecule has 1 saturated carbocycles. The second-order valence-corrected chi connectivity index (χ2v) is 6.63. The van der Waals surface area contributed by atoms with Gasteiger partial charge in [0, 0.05) is 11.8 Å². The van der Waals surface area contributed by atoms with Crippen LogP contribution in [-0.2, 0) is 10.3 Å². The largest absolute Gasteiger partial charge is 0.345 e. The highest BCUT2D eigenvalue weighted by molar-refractivity contribution is 6.18. The molecule has 1 atom stereocenters. The van der Waals surface area contributed by atoms with Crippen LogP contribution in [0.25, 0.3) is 0 Å². The molecule has 0 bridgehead atoms. The lowest BCUT2D eigenvalue weighted by atomic mass is 9.88. The van der Waals surface area contributed by atoms with E-state index in [1.807, 2.05) is 37.3 Å². The number of alkyl halides is 1. The van der Waals surface area contributed by atoms with Crippen molar-refractivity contribution in [1.29, 1.82) is 0 Å². The van der Waals surface area contributed by atoms with Gasteiger partial charge in [0.15, 0.2) is 0 Å². The number of nitrogens with one attached hydrogen (secondary N) is 1. The fraction of sp³-hybridized carbons (Fsp3) is 0.611. The number of benzene rings is 1. The van der Waals surface area contributed by atoms with Gasteiger partial charge in [0.1, 0.15) is 0 Å². The molecule has 1 fully saturated rings. The average molecular weight is 308 g/mol. The normalized spacial score (nSPS) is 20.1. The first-order valence-corrected chi connectivity index (χ1v) is 8.63. The Bertz CT molecular complexity index is 440. The van der Waals surface area contributed by atoms with Gasteiger partial charge in [0.25, 0.3) is 0 Å². The van der Waals surface area contributed by atoms with E-state index in [2.05, 4.69) is 5.32 Å². The van der Waals surface area contributed by atoms with E-state index in [0.29, 0.717) is 5.88 Å². The van der Waals surface area contributed by atoms with Crippen LogP contribution < -0.4 is 5.32 Å². The standard InChI is InChI=1S/C18H26ClNO/c1-18(14-19,16-12-8-5-9-13-16)20-17(21)15-10-6-3-2-4-7-11-15/h5,8-9,12-13,15H,2-4,6-7,10-11,14H2,1H3,(H,20,21). The van der Waals surface area contributed by atoms with Crippen LogP contribution in [0.3, 0.4) is 0 Å². The summed E-state index contributed by atoms with van der Waals surface area (Å²) in [6.07, 6.45) is 8.20. The summed E-state index contributed by atoms with van der Waals surface area (Å²) in [7, 11) is 0. The highest BCUT2D eigenvalue weighted by atomic mass is 35.5. The number of hydrogen-bond donors (Lipinski definition) is 1. The smallest absolute Gasteiger partial charge is 0.223 e. The van der Waals surface area contributed by atoms with Crippen LogP contribution in [0.1, 0.15) is 57.4 Å². The molecule has 2 nitrogen and oxygen atoms in total. The van der Waals surface area contributed by atoms with Crippen molar-refractivity contribution in [2.24, 2.45) is 5.92 Å². The predicted molar refractivity (Wildman–Crippen MR) is 88.5 cm³/mol. The zero-order chi connectivity index (χ0) is 15.1. The minimum absolute atomic E-state index is 0.150. The molecule has 1 amide bonds. The van der Waals surface area contributed by atoms with Crippen molar-refractivity contribution in [3.05, 3.63) is 35.9 Å². The molecule has 3 heteroatoms. The molecule has 0 heterocycles. The summed E-state index contributed by atoms with van der Waals surface area (Å²) < 4.78 is 0. The Balaban J connectivity index is 2.04. The van der Waals surface area contributed by atoms with Crippen LogP contribution in [0.15, 0.2) is 30.3 Å². The maximum atomic E-state index is 12.6. The molecular formula is C18H26ClNO. The number of hydrogen-bond acceptors (Lipinski definition) is 1. The van der Waals surface area contributed by atoms with E-state index in [-0.39, 0.29) is 11.8 Å². The minimum atomic E-state index is -0.484. The van der Waals surface area contributed by atoms with E-state index in [9.17, 15) is 4.79 Å². The first-order valence-electron chi connectivity index (χ1n) is 8.09. The van der Waals surface area contributed by atoms with E-state index in [4.69, 9.17) is 11.6 Å². The summed E-state index contributed by atoms with van der Waals surface area (Å²) in [5.74, 6) is 0.704. The molecule has 1 unspecified atom stereocenters. The summed E-state index contributed by atoms with van der Waals surface area (Å²) in [5.41, 5.74) is 0.585. The fourth-order valence-electron chi connectivity index (χ4n) is 3.08. The topological polar surface area (TPSA) is 29.1 Å². The van der Waals surface area contributed by atoms with Gasteiger partial charge in [-0.2, -0.15) is 0 Å². The zero-order valence-corrected chi connectivity index (χ0v) is 13.7. The van der Waals surface area contributed by atoms with Crippen LogP contribution in [0.4, 0.5) is 0 Å². The highest BCUT2D eigenvalue weighted by Gasteiger charge is 2.30. The molecule has 0 saturated heterocycles. The lowest BCUT2D eigenvalue weighted by Gasteiger charge is -2.31. The van der Waals surface area contributed by atoms with E-state index in [1.54, 1.807) is 0 Å². The summed E-state index contributed by atoms with van der Waals surface area (Å²) >= 11 is 6.17. The Morgan fingerprint density at radius 3 is 2.29 bits per heavy atom. The van der Waals surface area contributed by atoms with Gasteiger partial charge in [0.2, 0.25) is 5.91 Å². The van der Waals surface area contributed by atoms with Crippen molar-refractivity contribution >= 4 is 17.5 Å². The van der Waals surface area contributed by atoms with Crippen LogP contribution in [0.5, 0.6) is 0 Å². The summed E-state index contributed by atoms with van der Waals surface area (Å²) in [6.45, 7) is 2.01. The van der Waals surface area contributed by atoms with Crippen LogP contribution in [-0.4, -0.2) is 11.8 Å². The minimum Gasteiger partial charge on any atom is -0.345 e. The zero-order valence-electron chi connectivity index (χ0n) is 12.9. The molecule has 0 spiro atoms. The van der Waals surface area contributed by atoms with Gasteiger partial charge in [-0.1, -0.05) is 62.4 Å². The number of halogens is 1. The quantitative estimate of drug-likeness (QED) is 0.808. The van der Waals surface area contributed by atoms with Gasteiger partial charge in [-0.05, 0) is 25.3 Å². The Labute approximate surface area is 133 Å². The number of amides is 1. The summed E-state index contributed by atoms with van der Waals surface area (Å²) in [4.78, 5) is 12.6.